The lowest BCUT2D eigenvalue weighted by Gasteiger charge is -2.44. The number of para-hydroxylation sites is 1. The van der Waals surface area contributed by atoms with Crippen LogP contribution in [0.5, 0.6) is 5.75 Å². The standard InChI is InChI=1S/C19H28N4O4S/c1-14(2)26-18-8-6-5-7-16(18)11-22-12-17(13-22)23(28(4,24)25)10-9-19-20-15(3)27-21-19/h5-8,14,17H,9-13H2,1-4H3. The van der Waals surface area contributed by atoms with Crippen LogP contribution in [0.2, 0.25) is 0 Å². The second-order valence-corrected chi connectivity index (χ2v) is 9.41. The van der Waals surface area contributed by atoms with Gasteiger partial charge in [0.25, 0.3) is 0 Å². The fraction of sp³-hybridized carbons (Fsp3) is 0.579. The van der Waals surface area contributed by atoms with Gasteiger partial charge in [-0.2, -0.15) is 9.29 Å². The van der Waals surface area contributed by atoms with Crippen LogP contribution in [-0.4, -0.2) is 65.8 Å². The minimum absolute atomic E-state index is 0.0406. The molecule has 1 aliphatic heterocycles. The van der Waals surface area contributed by atoms with Gasteiger partial charge in [-0.05, 0) is 19.9 Å². The quantitative estimate of drug-likeness (QED) is 0.626. The number of hydrogen-bond acceptors (Lipinski definition) is 7. The van der Waals surface area contributed by atoms with Crippen LogP contribution in [0.15, 0.2) is 28.8 Å². The highest BCUT2D eigenvalue weighted by atomic mass is 32.2. The van der Waals surface area contributed by atoms with Crippen molar-refractivity contribution in [3.63, 3.8) is 0 Å². The number of hydrogen-bond donors (Lipinski definition) is 0. The van der Waals surface area contributed by atoms with Crippen LogP contribution in [0.1, 0.15) is 31.1 Å². The van der Waals surface area contributed by atoms with Crippen LogP contribution in [0.3, 0.4) is 0 Å². The van der Waals surface area contributed by atoms with Gasteiger partial charge in [0.05, 0.1) is 18.4 Å². The maximum absolute atomic E-state index is 12.3. The Hall–Kier alpha value is -1.97. The minimum atomic E-state index is -3.31. The summed E-state index contributed by atoms with van der Waals surface area (Å²) >= 11 is 0. The topological polar surface area (TPSA) is 88.8 Å². The lowest BCUT2D eigenvalue weighted by molar-refractivity contribution is 0.0717. The number of aromatic nitrogens is 2. The van der Waals surface area contributed by atoms with Crippen molar-refractivity contribution < 1.29 is 17.7 Å². The zero-order valence-corrected chi connectivity index (χ0v) is 17.6. The van der Waals surface area contributed by atoms with Crippen LogP contribution in [0, 0.1) is 6.92 Å². The van der Waals surface area contributed by atoms with Crippen LogP contribution < -0.4 is 4.74 Å². The summed E-state index contributed by atoms with van der Waals surface area (Å²) in [6.45, 7) is 8.19. The molecule has 1 aromatic carbocycles. The third-order valence-corrected chi connectivity index (χ3v) is 5.96. The molecule has 28 heavy (non-hydrogen) atoms. The summed E-state index contributed by atoms with van der Waals surface area (Å²) in [5.74, 6) is 1.90. The summed E-state index contributed by atoms with van der Waals surface area (Å²) < 4.78 is 36.9. The Balaban J connectivity index is 1.58. The maximum atomic E-state index is 12.3. The minimum Gasteiger partial charge on any atom is -0.491 e. The lowest BCUT2D eigenvalue weighted by atomic mass is 10.1. The molecule has 8 nitrogen and oxygen atoms in total. The summed E-state index contributed by atoms with van der Waals surface area (Å²) in [5.41, 5.74) is 1.11. The first kappa shape index (κ1) is 20.8. The van der Waals surface area contributed by atoms with Crippen LogP contribution in [0.25, 0.3) is 0 Å². The van der Waals surface area contributed by atoms with E-state index in [0.717, 1.165) is 17.9 Å². The molecule has 2 heterocycles. The highest BCUT2D eigenvalue weighted by Gasteiger charge is 2.36. The normalized spacial score (nSPS) is 15.9. The van der Waals surface area contributed by atoms with E-state index in [1.54, 1.807) is 11.2 Å². The van der Waals surface area contributed by atoms with Crippen molar-refractivity contribution >= 4 is 10.0 Å². The average molecular weight is 409 g/mol. The molecule has 1 fully saturated rings. The molecule has 0 bridgehead atoms. The van der Waals surface area contributed by atoms with E-state index in [1.165, 1.54) is 6.26 Å². The summed E-state index contributed by atoms with van der Waals surface area (Å²) in [4.78, 5) is 6.37. The molecule has 9 heteroatoms. The second kappa shape index (κ2) is 8.59. The van der Waals surface area contributed by atoms with Gasteiger partial charge in [0.1, 0.15) is 5.75 Å². The Morgan fingerprint density at radius 3 is 2.64 bits per heavy atom. The largest absolute Gasteiger partial charge is 0.491 e. The van der Waals surface area contributed by atoms with Crippen molar-refractivity contribution in [2.45, 2.75) is 45.9 Å². The molecular formula is C19H28N4O4S. The zero-order valence-electron chi connectivity index (χ0n) is 16.8. The predicted octanol–water partition coefficient (Wildman–Crippen LogP) is 1.85. The van der Waals surface area contributed by atoms with Gasteiger partial charge in [-0.3, -0.25) is 4.90 Å². The Labute approximate surface area is 166 Å². The second-order valence-electron chi connectivity index (χ2n) is 7.48. The van der Waals surface area contributed by atoms with Gasteiger partial charge in [-0.15, -0.1) is 0 Å². The molecule has 0 spiro atoms. The molecule has 0 unspecified atom stereocenters. The molecule has 0 N–H and O–H groups in total. The molecular weight excluding hydrogens is 380 g/mol. The van der Waals surface area contributed by atoms with Crippen molar-refractivity contribution in [1.82, 2.24) is 19.3 Å². The number of nitrogens with zero attached hydrogens (tertiary/aromatic N) is 4. The number of likely N-dealkylation sites (tertiary alicyclic amines) is 1. The van der Waals surface area contributed by atoms with Gasteiger partial charge >= 0.3 is 0 Å². The molecule has 0 aliphatic carbocycles. The first-order chi connectivity index (χ1) is 13.2. The molecule has 1 saturated heterocycles. The summed E-state index contributed by atoms with van der Waals surface area (Å²) in [6, 6.07) is 7.95. The molecule has 2 aromatic rings. The smallest absolute Gasteiger partial charge is 0.223 e. The highest BCUT2D eigenvalue weighted by Crippen LogP contribution is 2.25. The molecule has 1 aromatic heterocycles. The Bertz CT molecular complexity index is 891. The van der Waals surface area contributed by atoms with Crippen molar-refractivity contribution in [3.8, 4) is 5.75 Å². The lowest BCUT2D eigenvalue weighted by Crippen LogP contribution is -2.60. The van der Waals surface area contributed by atoms with Crippen molar-refractivity contribution in [2.75, 3.05) is 25.9 Å². The number of rotatable bonds is 9. The van der Waals surface area contributed by atoms with Gasteiger partial charge in [-0.1, -0.05) is 23.4 Å². The number of ether oxygens (including phenoxy) is 1. The molecule has 0 atom stereocenters. The fourth-order valence-electron chi connectivity index (χ4n) is 3.37. The van der Waals surface area contributed by atoms with Crippen LogP contribution in [0.4, 0.5) is 0 Å². The third-order valence-electron chi connectivity index (χ3n) is 4.63. The first-order valence-corrected chi connectivity index (χ1v) is 11.3. The Morgan fingerprint density at radius 2 is 2.04 bits per heavy atom. The van der Waals surface area contributed by atoms with Gasteiger partial charge < -0.3 is 9.26 Å². The van der Waals surface area contributed by atoms with E-state index in [0.29, 0.717) is 37.8 Å². The SMILES string of the molecule is Cc1nc(CCN(C2CN(Cc3ccccc3OC(C)C)C2)S(C)(=O)=O)no1. The third kappa shape index (κ3) is 5.30. The average Bonchev–Trinajstić information content (AvgIpc) is 2.97. The number of benzene rings is 1. The van der Waals surface area contributed by atoms with Crippen LogP contribution in [-0.2, 0) is 23.0 Å². The fourth-order valence-corrected chi connectivity index (χ4v) is 4.47. The van der Waals surface area contributed by atoms with E-state index >= 15 is 0 Å². The zero-order chi connectivity index (χ0) is 20.3. The van der Waals surface area contributed by atoms with Gasteiger partial charge in [0, 0.05) is 45.1 Å². The highest BCUT2D eigenvalue weighted by molar-refractivity contribution is 7.88. The predicted molar refractivity (Wildman–Crippen MR) is 106 cm³/mol. The Kier molecular flexibility index (Phi) is 6.36. The van der Waals surface area contributed by atoms with Gasteiger partial charge in [0.2, 0.25) is 15.9 Å². The number of sulfonamides is 1. The van der Waals surface area contributed by atoms with Crippen LogP contribution >= 0.6 is 0 Å². The van der Waals surface area contributed by atoms with Crippen molar-refractivity contribution in [3.05, 3.63) is 41.5 Å². The van der Waals surface area contributed by atoms with Gasteiger partial charge in [-0.25, -0.2) is 8.42 Å². The maximum Gasteiger partial charge on any atom is 0.223 e. The molecule has 0 radical (unpaired) electrons. The molecule has 3 rings (SSSR count). The summed E-state index contributed by atoms with van der Waals surface area (Å²) in [7, 11) is -3.31. The molecule has 1 aliphatic rings. The summed E-state index contributed by atoms with van der Waals surface area (Å²) in [5, 5.41) is 3.85. The van der Waals surface area contributed by atoms with E-state index < -0.39 is 10.0 Å². The van der Waals surface area contributed by atoms with E-state index in [9.17, 15) is 8.42 Å². The van der Waals surface area contributed by atoms with Gasteiger partial charge in [0.15, 0.2) is 5.82 Å². The molecule has 0 amide bonds. The van der Waals surface area contributed by atoms with E-state index in [2.05, 4.69) is 21.1 Å². The van der Waals surface area contributed by atoms with Crippen molar-refractivity contribution in [2.24, 2.45) is 0 Å². The van der Waals surface area contributed by atoms with E-state index in [1.807, 2.05) is 32.0 Å². The van der Waals surface area contributed by atoms with E-state index in [4.69, 9.17) is 9.26 Å². The molecule has 154 valence electrons. The summed E-state index contributed by atoms with van der Waals surface area (Å²) in [6.07, 6.45) is 1.80. The Morgan fingerprint density at radius 1 is 1.32 bits per heavy atom. The first-order valence-electron chi connectivity index (χ1n) is 9.45. The molecule has 0 saturated carbocycles. The monoisotopic (exact) mass is 408 g/mol. The van der Waals surface area contributed by atoms with Crippen molar-refractivity contribution in [1.29, 1.82) is 0 Å². The number of aryl methyl sites for hydroxylation is 1. The van der Waals surface area contributed by atoms with E-state index in [-0.39, 0.29) is 12.1 Å².